The van der Waals surface area contributed by atoms with Crippen molar-refractivity contribution >= 4 is 0 Å². The highest BCUT2D eigenvalue weighted by atomic mass is 15.3. The SMILES string of the molecule is Cc1ccnn1C(C)(C)CC(C)(C)C. The lowest BCUT2D eigenvalue weighted by Gasteiger charge is -2.33. The fourth-order valence-corrected chi connectivity index (χ4v) is 2.38. The first-order chi connectivity index (χ1) is 6.22. The molecule has 0 spiro atoms. The van der Waals surface area contributed by atoms with E-state index in [9.17, 15) is 0 Å². The van der Waals surface area contributed by atoms with Crippen LogP contribution in [0, 0.1) is 12.3 Å². The van der Waals surface area contributed by atoms with E-state index in [4.69, 9.17) is 0 Å². The van der Waals surface area contributed by atoms with Gasteiger partial charge in [-0.2, -0.15) is 5.10 Å². The molecule has 0 fully saturated rings. The summed E-state index contributed by atoms with van der Waals surface area (Å²) in [6.07, 6.45) is 3.00. The van der Waals surface area contributed by atoms with Gasteiger partial charge >= 0.3 is 0 Å². The molecule has 0 N–H and O–H groups in total. The lowest BCUT2D eigenvalue weighted by atomic mass is 9.82. The van der Waals surface area contributed by atoms with E-state index in [1.807, 2.05) is 6.20 Å². The minimum absolute atomic E-state index is 0.103. The molecular weight excluding hydrogens is 172 g/mol. The predicted octanol–water partition coefficient (Wildman–Crippen LogP) is 3.36. The molecule has 2 nitrogen and oxygen atoms in total. The normalized spacial score (nSPS) is 13.3. The molecule has 0 saturated carbocycles. The Morgan fingerprint density at radius 2 is 1.79 bits per heavy atom. The Bertz CT molecular complexity index is 302. The fourth-order valence-electron chi connectivity index (χ4n) is 2.38. The van der Waals surface area contributed by atoms with Crippen LogP contribution in [0.3, 0.4) is 0 Å². The summed E-state index contributed by atoms with van der Waals surface area (Å²) in [5.41, 5.74) is 1.67. The summed E-state index contributed by atoms with van der Waals surface area (Å²) < 4.78 is 2.12. The maximum Gasteiger partial charge on any atom is 0.0579 e. The molecule has 14 heavy (non-hydrogen) atoms. The van der Waals surface area contributed by atoms with Gasteiger partial charge in [-0.05, 0) is 38.7 Å². The number of hydrogen-bond donors (Lipinski definition) is 0. The quantitative estimate of drug-likeness (QED) is 0.706. The van der Waals surface area contributed by atoms with Crippen LogP contribution in [0.5, 0.6) is 0 Å². The van der Waals surface area contributed by atoms with Gasteiger partial charge in [-0.1, -0.05) is 20.8 Å². The van der Waals surface area contributed by atoms with Gasteiger partial charge in [0.05, 0.1) is 5.54 Å². The first-order valence-corrected chi connectivity index (χ1v) is 5.23. The van der Waals surface area contributed by atoms with E-state index in [1.165, 1.54) is 5.69 Å². The van der Waals surface area contributed by atoms with Gasteiger partial charge in [0.25, 0.3) is 0 Å². The molecule has 1 heterocycles. The lowest BCUT2D eigenvalue weighted by molar-refractivity contribution is 0.195. The molecule has 1 aromatic heterocycles. The van der Waals surface area contributed by atoms with E-state index in [0.717, 1.165) is 6.42 Å². The van der Waals surface area contributed by atoms with Crippen molar-refractivity contribution < 1.29 is 0 Å². The number of nitrogens with zero attached hydrogens (tertiary/aromatic N) is 2. The number of aromatic nitrogens is 2. The van der Waals surface area contributed by atoms with Gasteiger partial charge in [0, 0.05) is 11.9 Å². The molecule has 1 rings (SSSR count). The fraction of sp³-hybridized carbons (Fsp3) is 0.750. The highest BCUT2D eigenvalue weighted by Gasteiger charge is 2.28. The van der Waals surface area contributed by atoms with E-state index in [-0.39, 0.29) is 5.54 Å². The minimum atomic E-state index is 0.103. The van der Waals surface area contributed by atoms with Crippen LogP contribution in [0.25, 0.3) is 0 Å². The molecule has 2 heteroatoms. The molecule has 80 valence electrons. The Labute approximate surface area is 87.3 Å². The van der Waals surface area contributed by atoms with Crippen molar-refractivity contribution in [2.45, 2.75) is 53.5 Å². The summed E-state index contributed by atoms with van der Waals surface area (Å²) in [6.45, 7) is 13.4. The molecule has 0 radical (unpaired) electrons. The van der Waals surface area contributed by atoms with Gasteiger partial charge in [-0.25, -0.2) is 0 Å². The zero-order valence-corrected chi connectivity index (χ0v) is 10.3. The second-order valence-electron chi connectivity index (χ2n) is 5.93. The number of hydrogen-bond acceptors (Lipinski definition) is 1. The summed E-state index contributed by atoms with van der Waals surface area (Å²) in [5.74, 6) is 0. The van der Waals surface area contributed by atoms with Crippen molar-refractivity contribution in [2.24, 2.45) is 5.41 Å². The number of rotatable bonds is 2. The van der Waals surface area contributed by atoms with Crippen molar-refractivity contribution in [3.8, 4) is 0 Å². The maximum absolute atomic E-state index is 4.39. The average molecular weight is 194 g/mol. The predicted molar refractivity (Wildman–Crippen MR) is 60.4 cm³/mol. The highest BCUT2D eigenvalue weighted by molar-refractivity contribution is 5.01. The Morgan fingerprint density at radius 1 is 1.21 bits per heavy atom. The standard InChI is InChI=1S/C12H22N2/c1-10-7-8-13-14(10)12(5,6)9-11(2,3)4/h7-8H,9H2,1-6H3. The first-order valence-electron chi connectivity index (χ1n) is 5.23. The summed E-state index contributed by atoms with van der Waals surface area (Å²) in [5, 5.41) is 4.39. The van der Waals surface area contributed by atoms with Crippen LogP contribution in [0.4, 0.5) is 0 Å². The van der Waals surface area contributed by atoms with Crippen LogP contribution in [0.1, 0.15) is 46.7 Å². The van der Waals surface area contributed by atoms with Crippen LogP contribution in [0.2, 0.25) is 0 Å². The van der Waals surface area contributed by atoms with E-state index in [1.54, 1.807) is 0 Å². The summed E-state index contributed by atoms with van der Waals surface area (Å²) >= 11 is 0. The topological polar surface area (TPSA) is 17.8 Å². The van der Waals surface area contributed by atoms with E-state index >= 15 is 0 Å². The van der Waals surface area contributed by atoms with Gasteiger partial charge in [-0.15, -0.1) is 0 Å². The lowest BCUT2D eigenvalue weighted by Crippen LogP contribution is -2.33. The van der Waals surface area contributed by atoms with Gasteiger partial charge in [0.2, 0.25) is 0 Å². The molecule has 0 aliphatic rings. The molecule has 0 atom stereocenters. The zero-order valence-electron chi connectivity index (χ0n) is 10.3. The van der Waals surface area contributed by atoms with Gasteiger partial charge in [0.1, 0.15) is 0 Å². The highest BCUT2D eigenvalue weighted by Crippen LogP contribution is 2.32. The van der Waals surface area contributed by atoms with Crippen molar-refractivity contribution in [1.29, 1.82) is 0 Å². The molecule has 0 unspecified atom stereocenters. The Balaban J connectivity index is 2.91. The molecule has 0 aliphatic heterocycles. The van der Waals surface area contributed by atoms with Crippen LogP contribution in [-0.2, 0) is 5.54 Å². The molecule has 0 bridgehead atoms. The zero-order chi connectivity index (χ0) is 11.0. The summed E-state index contributed by atoms with van der Waals surface area (Å²) in [6, 6.07) is 2.06. The van der Waals surface area contributed by atoms with Crippen molar-refractivity contribution in [3.05, 3.63) is 18.0 Å². The minimum Gasteiger partial charge on any atom is -0.264 e. The molecule has 0 aliphatic carbocycles. The Morgan fingerprint density at radius 3 is 2.14 bits per heavy atom. The van der Waals surface area contributed by atoms with Crippen LogP contribution in [0.15, 0.2) is 12.3 Å². The van der Waals surface area contributed by atoms with Crippen molar-refractivity contribution in [1.82, 2.24) is 9.78 Å². The third-order valence-corrected chi connectivity index (χ3v) is 2.37. The van der Waals surface area contributed by atoms with E-state index < -0.39 is 0 Å². The molecule has 0 aromatic carbocycles. The average Bonchev–Trinajstić information content (AvgIpc) is 2.29. The Hall–Kier alpha value is -0.790. The maximum atomic E-state index is 4.39. The molecular formula is C12H22N2. The summed E-state index contributed by atoms with van der Waals surface area (Å²) in [4.78, 5) is 0. The van der Waals surface area contributed by atoms with Crippen LogP contribution in [-0.4, -0.2) is 9.78 Å². The monoisotopic (exact) mass is 194 g/mol. The van der Waals surface area contributed by atoms with E-state index in [0.29, 0.717) is 5.41 Å². The summed E-state index contributed by atoms with van der Waals surface area (Å²) in [7, 11) is 0. The van der Waals surface area contributed by atoms with Gasteiger partial charge in [-0.3, -0.25) is 4.68 Å². The second kappa shape index (κ2) is 3.41. The molecule has 0 saturated heterocycles. The smallest absolute Gasteiger partial charge is 0.0579 e. The van der Waals surface area contributed by atoms with Crippen molar-refractivity contribution in [2.75, 3.05) is 0 Å². The second-order valence-corrected chi connectivity index (χ2v) is 5.93. The first kappa shape index (κ1) is 11.3. The molecule has 0 amide bonds. The Kier molecular flexibility index (Phi) is 2.75. The van der Waals surface area contributed by atoms with Gasteiger partial charge < -0.3 is 0 Å². The third-order valence-electron chi connectivity index (χ3n) is 2.37. The van der Waals surface area contributed by atoms with Crippen LogP contribution >= 0.6 is 0 Å². The van der Waals surface area contributed by atoms with Crippen molar-refractivity contribution in [3.63, 3.8) is 0 Å². The van der Waals surface area contributed by atoms with Gasteiger partial charge in [0.15, 0.2) is 0 Å². The molecule has 1 aromatic rings. The van der Waals surface area contributed by atoms with Crippen LogP contribution < -0.4 is 0 Å². The number of aryl methyl sites for hydroxylation is 1. The van der Waals surface area contributed by atoms with E-state index in [2.05, 4.69) is 57.4 Å². The third kappa shape index (κ3) is 2.60. The largest absolute Gasteiger partial charge is 0.264 e.